The van der Waals surface area contributed by atoms with Crippen LogP contribution in [0.4, 0.5) is 5.69 Å². The van der Waals surface area contributed by atoms with Gasteiger partial charge in [0.15, 0.2) is 0 Å². The van der Waals surface area contributed by atoms with Gasteiger partial charge < -0.3 is 24.0 Å². The van der Waals surface area contributed by atoms with Crippen molar-refractivity contribution in [3.05, 3.63) is 24.3 Å². The smallest absolute Gasteiger partial charge is 0.305 e. The molecule has 1 heterocycles. The van der Waals surface area contributed by atoms with Gasteiger partial charge in [-0.25, -0.2) is 0 Å². The van der Waals surface area contributed by atoms with Gasteiger partial charge in [-0.2, -0.15) is 0 Å². The Bertz CT molecular complexity index is 556. The zero-order chi connectivity index (χ0) is 16.9. The Morgan fingerprint density at radius 1 is 1.39 bits per heavy atom. The van der Waals surface area contributed by atoms with Gasteiger partial charge in [0.2, 0.25) is 0 Å². The molecule has 7 nitrogen and oxygen atoms in total. The van der Waals surface area contributed by atoms with Crippen LogP contribution in [0.25, 0.3) is 0 Å². The minimum Gasteiger partial charge on any atom is -0.771 e. The maximum Gasteiger partial charge on any atom is 0.305 e. The van der Waals surface area contributed by atoms with Crippen molar-refractivity contribution in [2.24, 2.45) is 0 Å². The molecule has 0 aromatic heterocycles. The number of rotatable bonds is 7. The van der Waals surface area contributed by atoms with E-state index in [1.165, 1.54) is 0 Å². The number of carbonyl (C=O) groups is 1. The fourth-order valence-corrected chi connectivity index (χ4v) is 3.56. The van der Waals surface area contributed by atoms with Crippen molar-refractivity contribution in [3.8, 4) is 5.75 Å². The first kappa shape index (κ1) is 17.7. The highest BCUT2D eigenvalue weighted by molar-refractivity contribution is 7.79. The molecule has 1 saturated heterocycles. The number of ether oxygens (including phenoxy) is 2. The van der Waals surface area contributed by atoms with E-state index in [1.54, 1.807) is 36.3 Å². The first-order valence-corrected chi connectivity index (χ1v) is 8.48. The summed E-state index contributed by atoms with van der Waals surface area (Å²) in [5.41, 5.74) is -0.128. The molecule has 128 valence electrons. The first-order valence-electron chi connectivity index (χ1n) is 7.24. The summed E-state index contributed by atoms with van der Waals surface area (Å²) < 4.78 is 33.1. The highest BCUT2D eigenvalue weighted by atomic mass is 32.2. The number of methoxy groups -OCH3 is 1. The molecule has 0 saturated carbocycles. The van der Waals surface area contributed by atoms with E-state index in [0.717, 1.165) is 0 Å². The highest BCUT2D eigenvalue weighted by Gasteiger charge is 2.40. The van der Waals surface area contributed by atoms with Gasteiger partial charge in [0, 0.05) is 18.9 Å². The Morgan fingerprint density at radius 2 is 2.00 bits per heavy atom. The van der Waals surface area contributed by atoms with E-state index in [2.05, 4.69) is 0 Å². The lowest BCUT2D eigenvalue weighted by Crippen LogP contribution is -2.54. The van der Waals surface area contributed by atoms with E-state index >= 15 is 0 Å². The van der Waals surface area contributed by atoms with Gasteiger partial charge in [-0.15, -0.1) is 0 Å². The Hall–Kier alpha value is -1.64. The molecule has 1 unspecified atom stereocenters. The zero-order valence-electron chi connectivity index (χ0n) is 12.9. The lowest BCUT2D eigenvalue weighted by atomic mass is 9.84. The summed E-state index contributed by atoms with van der Waals surface area (Å²) in [5, 5.41) is 9.30. The van der Waals surface area contributed by atoms with Crippen LogP contribution in [0.1, 0.15) is 19.3 Å². The predicted octanol–water partition coefficient (Wildman–Crippen LogP) is 1.36. The monoisotopic (exact) mass is 342 g/mol. The number of benzene rings is 1. The maximum atomic E-state index is 11.4. The van der Waals surface area contributed by atoms with E-state index in [-0.39, 0.29) is 12.3 Å². The van der Waals surface area contributed by atoms with Crippen LogP contribution in [0.3, 0.4) is 0 Å². The van der Waals surface area contributed by atoms with Crippen LogP contribution in [0.2, 0.25) is 0 Å². The number of carboxylic acid groups (broad SMARTS) is 1. The second-order valence-corrected chi connectivity index (χ2v) is 6.33. The molecule has 1 aliphatic rings. The number of hydrogen-bond donors (Lipinski definition) is 1. The summed E-state index contributed by atoms with van der Waals surface area (Å²) in [5.74, 6) is -0.571. The third kappa shape index (κ3) is 4.43. The third-order valence-corrected chi connectivity index (χ3v) is 4.56. The topological polar surface area (TPSA) is 99.1 Å². The summed E-state index contributed by atoms with van der Waals surface area (Å²) in [6.45, 7) is 0.816. The summed E-state index contributed by atoms with van der Waals surface area (Å²) in [7, 11) is 1.55. The number of anilines is 1. The van der Waals surface area contributed by atoms with Crippen molar-refractivity contribution in [1.82, 2.24) is 0 Å². The van der Waals surface area contributed by atoms with E-state index in [9.17, 15) is 18.7 Å². The average Bonchev–Trinajstić information content (AvgIpc) is 2.53. The second kappa shape index (κ2) is 7.76. The molecule has 0 amide bonds. The summed E-state index contributed by atoms with van der Waals surface area (Å²) in [6.07, 6.45) is 0.782. The minimum atomic E-state index is -2.33. The van der Waals surface area contributed by atoms with Gasteiger partial charge in [0.25, 0.3) is 0 Å². The molecule has 1 atom stereocenters. The van der Waals surface area contributed by atoms with E-state index in [1.807, 2.05) is 0 Å². The van der Waals surface area contributed by atoms with Gasteiger partial charge in [-0.05, 0) is 48.2 Å². The van der Waals surface area contributed by atoms with Crippen LogP contribution < -0.4 is 9.64 Å². The highest BCUT2D eigenvalue weighted by Crippen LogP contribution is 2.36. The molecule has 1 fully saturated rings. The second-order valence-electron chi connectivity index (χ2n) is 5.47. The lowest BCUT2D eigenvalue weighted by Gasteiger charge is -2.47. The molecule has 1 aromatic rings. The third-order valence-electron chi connectivity index (χ3n) is 4.09. The quantitative estimate of drug-likeness (QED) is 0.747. The van der Waals surface area contributed by atoms with E-state index < -0.39 is 22.6 Å². The lowest BCUT2D eigenvalue weighted by molar-refractivity contribution is -0.139. The van der Waals surface area contributed by atoms with Crippen molar-refractivity contribution in [2.45, 2.75) is 24.8 Å². The van der Waals surface area contributed by atoms with Crippen molar-refractivity contribution in [2.75, 3.05) is 31.1 Å². The molecule has 1 N–H and O–H groups in total. The maximum absolute atomic E-state index is 11.4. The van der Waals surface area contributed by atoms with Crippen LogP contribution >= 0.6 is 0 Å². The van der Waals surface area contributed by atoms with E-state index in [0.29, 0.717) is 37.5 Å². The number of aliphatic carboxylic acids is 1. The number of hydrogen-bond acceptors (Lipinski definition) is 6. The SMILES string of the molecule is COc1ccc(N(CS(=O)[O-])C2(CC(=O)O)CCOCC2)cc1. The molecule has 0 radical (unpaired) electrons. The van der Waals surface area contributed by atoms with Crippen molar-refractivity contribution < 1.29 is 28.1 Å². The van der Waals surface area contributed by atoms with Gasteiger partial charge in [0.05, 0.1) is 24.9 Å². The fraction of sp³-hybridized carbons (Fsp3) is 0.533. The Kier molecular flexibility index (Phi) is 5.97. The molecule has 0 aliphatic carbocycles. The summed E-state index contributed by atoms with van der Waals surface area (Å²) >= 11 is -2.33. The Balaban J connectivity index is 2.39. The van der Waals surface area contributed by atoms with Crippen molar-refractivity contribution >= 4 is 22.7 Å². The first-order chi connectivity index (χ1) is 11.0. The fourth-order valence-electron chi connectivity index (χ4n) is 2.93. The van der Waals surface area contributed by atoms with Crippen molar-refractivity contribution in [1.29, 1.82) is 0 Å². The van der Waals surface area contributed by atoms with Crippen molar-refractivity contribution in [3.63, 3.8) is 0 Å². The molecule has 0 spiro atoms. The molecule has 1 aromatic carbocycles. The number of nitrogens with zero attached hydrogens (tertiary/aromatic N) is 1. The van der Waals surface area contributed by atoms with E-state index in [4.69, 9.17) is 9.47 Å². The van der Waals surface area contributed by atoms with Gasteiger partial charge in [-0.3, -0.25) is 9.00 Å². The zero-order valence-corrected chi connectivity index (χ0v) is 13.7. The van der Waals surface area contributed by atoms with Gasteiger partial charge >= 0.3 is 5.97 Å². The van der Waals surface area contributed by atoms with Gasteiger partial charge in [-0.1, -0.05) is 0 Å². The van der Waals surface area contributed by atoms with Crippen LogP contribution in [0.15, 0.2) is 24.3 Å². The molecular formula is C15H20NO6S-. The van der Waals surface area contributed by atoms with Crippen LogP contribution in [0, 0.1) is 0 Å². The summed E-state index contributed by atoms with van der Waals surface area (Å²) in [6, 6.07) is 6.93. The molecule has 0 bridgehead atoms. The minimum absolute atomic E-state index is 0.139. The predicted molar refractivity (Wildman–Crippen MR) is 84.3 cm³/mol. The Morgan fingerprint density at radius 3 is 2.48 bits per heavy atom. The molecule has 23 heavy (non-hydrogen) atoms. The van der Waals surface area contributed by atoms with Crippen LogP contribution in [0.5, 0.6) is 5.75 Å². The summed E-state index contributed by atoms with van der Waals surface area (Å²) in [4.78, 5) is 13.0. The van der Waals surface area contributed by atoms with Crippen LogP contribution in [-0.2, 0) is 20.6 Å². The molecule has 2 rings (SSSR count). The molecule has 8 heteroatoms. The largest absolute Gasteiger partial charge is 0.771 e. The van der Waals surface area contributed by atoms with Gasteiger partial charge in [0.1, 0.15) is 5.75 Å². The standard InChI is InChI=1S/C15H21NO6S/c1-21-13-4-2-12(3-5-13)16(11-23(19)20)15(10-14(17)18)6-8-22-9-7-15/h2-5H,6-11H2,1H3,(H,17,18)(H,19,20)/p-1. The Labute approximate surface area is 137 Å². The average molecular weight is 342 g/mol. The molecular weight excluding hydrogens is 322 g/mol. The normalized spacial score (nSPS) is 18.2. The molecule has 1 aliphatic heterocycles. The number of carboxylic acids is 1. The van der Waals surface area contributed by atoms with Crippen LogP contribution in [-0.4, -0.2) is 51.6 Å².